The van der Waals surface area contributed by atoms with Crippen LogP contribution in [0.3, 0.4) is 0 Å². The highest BCUT2D eigenvalue weighted by Crippen LogP contribution is 2.14. The Bertz CT molecular complexity index is 362. The van der Waals surface area contributed by atoms with Gasteiger partial charge in [0.25, 0.3) is 0 Å². The van der Waals surface area contributed by atoms with Crippen LogP contribution in [0.1, 0.15) is 52.9 Å². The Labute approximate surface area is 143 Å². The van der Waals surface area contributed by atoms with Crippen molar-refractivity contribution in [2.75, 3.05) is 19.7 Å². The summed E-state index contributed by atoms with van der Waals surface area (Å²) in [5.41, 5.74) is -0.0735. The molecule has 0 saturated carbocycles. The van der Waals surface area contributed by atoms with Crippen molar-refractivity contribution in [2.24, 2.45) is 0 Å². The fraction of sp³-hybridized carbons (Fsp3) is 0.750. The van der Waals surface area contributed by atoms with Crippen LogP contribution in [-0.2, 0) is 14.3 Å². The van der Waals surface area contributed by atoms with Crippen molar-refractivity contribution in [2.45, 2.75) is 57.7 Å². The highest BCUT2D eigenvalue weighted by molar-refractivity contribution is 6.56. The quantitative estimate of drug-likeness (QED) is 0.174. The number of unbranched alkanes of at least 4 members (excludes halogenated alkanes) is 2. The van der Waals surface area contributed by atoms with E-state index in [2.05, 4.69) is 13.8 Å². The molecule has 0 aliphatic rings. The number of rotatable bonds is 12. The van der Waals surface area contributed by atoms with Crippen LogP contribution in [0.5, 0.6) is 0 Å². The van der Waals surface area contributed by atoms with E-state index >= 15 is 0 Å². The van der Waals surface area contributed by atoms with E-state index in [4.69, 9.17) is 27.9 Å². The second-order valence-corrected chi connectivity index (χ2v) is 6.18. The van der Waals surface area contributed by atoms with Gasteiger partial charge in [-0.2, -0.15) is 0 Å². The number of ether oxygens (including phenoxy) is 1. The van der Waals surface area contributed by atoms with Crippen LogP contribution in [0.2, 0.25) is 0 Å². The van der Waals surface area contributed by atoms with E-state index in [1.165, 1.54) is 0 Å². The van der Waals surface area contributed by atoms with E-state index < -0.39 is 16.6 Å². The number of ketones is 1. The zero-order chi connectivity index (χ0) is 17.0. The van der Waals surface area contributed by atoms with Crippen molar-refractivity contribution in [3.05, 3.63) is 11.8 Å². The normalized spacial score (nSPS) is 11.6. The van der Waals surface area contributed by atoms with Crippen molar-refractivity contribution in [1.29, 1.82) is 0 Å². The third kappa shape index (κ3) is 8.64. The lowest BCUT2D eigenvalue weighted by Gasteiger charge is -2.21. The molecular weight excluding hydrogens is 325 g/mol. The number of carbonyl (C=O) groups is 2. The second kappa shape index (κ2) is 12.8. The van der Waals surface area contributed by atoms with Gasteiger partial charge in [-0.05, 0) is 19.3 Å². The third-order valence-electron chi connectivity index (χ3n) is 3.03. The van der Waals surface area contributed by atoms with Gasteiger partial charge in [-0.15, -0.1) is 0 Å². The Morgan fingerprint density at radius 3 is 2.00 bits per heavy atom. The molecule has 0 spiro atoms. The van der Waals surface area contributed by atoms with E-state index in [1.54, 1.807) is 6.20 Å². The third-order valence-corrected chi connectivity index (χ3v) is 3.43. The van der Waals surface area contributed by atoms with Gasteiger partial charge in [0, 0.05) is 19.3 Å². The minimum absolute atomic E-state index is 0.0735. The van der Waals surface area contributed by atoms with E-state index in [1.807, 2.05) is 11.8 Å². The average Bonchev–Trinajstić information content (AvgIpc) is 2.51. The molecule has 22 heavy (non-hydrogen) atoms. The van der Waals surface area contributed by atoms with E-state index in [0.29, 0.717) is 6.42 Å². The van der Waals surface area contributed by atoms with Gasteiger partial charge in [-0.1, -0.05) is 56.8 Å². The predicted octanol–water partition coefficient (Wildman–Crippen LogP) is 4.10. The van der Waals surface area contributed by atoms with Gasteiger partial charge < -0.3 is 9.64 Å². The Morgan fingerprint density at radius 2 is 1.59 bits per heavy atom. The maximum absolute atomic E-state index is 12.1. The van der Waals surface area contributed by atoms with Crippen LogP contribution in [0.4, 0.5) is 0 Å². The van der Waals surface area contributed by atoms with Crippen molar-refractivity contribution in [3.63, 3.8) is 0 Å². The smallest absolute Gasteiger partial charge is 0.343 e. The van der Waals surface area contributed by atoms with Crippen molar-refractivity contribution < 1.29 is 14.3 Å². The van der Waals surface area contributed by atoms with Crippen molar-refractivity contribution in [3.8, 4) is 0 Å². The molecule has 0 unspecified atom stereocenters. The summed E-state index contributed by atoms with van der Waals surface area (Å²) in [6, 6.07) is 0. The van der Waals surface area contributed by atoms with Crippen LogP contribution >= 0.6 is 23.2 Å². The summed E-state index contributed by atoms with van der Waals surface area (Å²) in [7, 11) is 0. The average molecular weight is 352 g/mol. The lowest BCUT2D eigenvalue weighted by molar-refractivity contribution is -0.140. The number of alkyl halides is 2. The van der Waals surface area contributed by atoms with Gasteiger partial charge in [0.05, 0.1) is 6.61 Å². The van der Waals surface area contributed by atoms with Crippen LogP contribution < -0.4 is 0 Å². The molecule has 0 radical (unpaired) electrons. The minimum Gasteiger partial charge on any atom is -0.462 e. The molecule has 0 atom stereocenters. The minimum atomic E-state index is -1.26. The summed E-state index contributed by atoms with van der Waals surface area (Å²) < 4.78 is 5.06. The molecule has 0 aliphatic carbocycles. The van der Waals surface area contributed by atoms with Crippen LogP contribution in [0.25, 0.3) is 0 Å². The van der Waals surface area contributed by atoms with E-state index in [9.17, 15) is 9.59 Å². The second-order valence-electron chi connectivity index (χ2n) is 5.09. The van der Waals surface area contributed by atoms with Gasteiger partial charge in [0.1, 0.15) is 5.57 Å². The highest BCUT2D eigenvalue weighted by atomic mass is 35.5. The number of nitrogens with zero attached hydrogens (tertiary/aromatic N) is 1. The van der Waals surface area contributed by atoms with Gasteiger partial charge in [-0.25, -0.2) is 4.79 Å². The largest absolute Gasteiger partial charge is 0.462 e. The number of carbonyl (C=O) groups excluding carboxylic acids is 2. The SMILES string of the molecule is CCCCN(C=C(C(=O)OCCC)C(=O)C(Cl)Cl)CCCC. The summed E-state index contributed by atoms with van der Waals surface area (Å²) in [4.78, 5) is 24.9. The molecule has 0 fully saturated rings. The van der Waals surface area contributed by atoms with Crippen molar-refractivity contribution >= 4 is 35.0 Å². The number of hydrogen-bond acceptors (Lipinski definition) is 4. The van der Waals surface area contributed by atoms with Crippen LogP contribution in [0.15, 0.2) is 11.8 Å². The first-order valence-corrected chi connectivity index (χ1v) is 8.80. The first-order valence-electron chi connectivity index (χ1n) is 7.93. The fourth-order valence-corrected chi connectivity index (χ4v) is 1.99. The first-order chi connectivity index (χ1) is 10.5. The molecule has 6 heteroatoms. The maximum Gasteiger partial charge on any atom is 0.343 e. The maximum atomic E-state index is 12.1. The van der Waals surface area contributed by atoms with E-state index in [0.717, 1.165) is 38.8 Å². The molecule has 128 valence electrons. The van der Waals surface area contributed by atoms with Crippen LogP contribution in [-0.4, -0.2) is 41.2 Å². The monoisotopic (exact) mass is 351 g/mol. The van der Waals surface area contributed by atoms with E-state index in [-0.39, 0.29) is 12.2 Å². The van der Waals surface area contributed by atoms with Gasteiger partial charge in [0.15, 0.2) is 4.84 Å². The molecule has 0 saturated heterocycles. The summed E-state index contributed by atoms with van der Waals surface area (Å²) in [5.74, 6) is -1.27. The lowest BCUT2D eigenvalue weighted by Crippen LogP contribution is -2.27. The first kappa shape index (κ1) is 21.3. The Morgan fingerprint density at radius 1 is 1.05 bits per heavy atom. The molecule has 0 aliphatic heterocycles. The number of hydrogen-bond donors (Lipinski definition) is 0. The van der Waals surface area contributed by atoms with Gasteiger partial charge in [-0.3, -0.25) is 4.79 Å². The highest BCUT2D eigenvalue weighted by Gasteiger charge is 2.25. The fourth-order valence-electron chi connectivity index (χ4n) is 1.75. The number of esters is 1. The Hall–Kier alpha value is -0.740. The lowest BCUT2D eigenvalue weighted by atomic mass is 10.2. The molecule has 0 aromatic heterocycles. The Balaban J connectivity index is 5.19. The summed E-state index contributed by atoms with van der Waals surface area (Å²) in [5, 5.41) is 0. The molecule has 0 amide bonds. The summed E-state index contributed by atoms with van der Waals surface area (Å²) in [6.07, 6.45) is 6.28. The molecule has 0 N–H and O–H groups in total. The van der Waals surface area contributed by atoms with Crippen molar-refractivity contribution in [1.82, 2.24) is 4.90 Å². The number of Topliss-reactive ketones (excluding diaryl/α,β-unsaturated/α-hetero) is 1. The van der Waals surface area contributed by atoms with Crippen LogP contribution in [0, 0.1) is 0 Å². The summed E-state index contributed by atoms with van der Waals surface area (Å²) in [6.45, 7) is 7.91. The summed E-state index contributed by atoms with van der Waals surface area (Å²) >= 11 is 11.3. The molecule has 4 nitrogen and oxygen atoms in total. The predicted molar refractivity (Wildman–Crippen MR) is 91.2 cm³/mol. The molecular formula is C16H27Cl2NO3. The molecule has 0 rings (SSSR count). The topological polar surface area (TPSA) is 46.6 Å². The molecule has 0 aromatic rings. The zero-order valence-electron chi connectivity index (χ0n) is 13.7. The Kier molecular flexibility index (Phi) is 12.3. The van der Waals surface area contributed by atoms with Gasteiger partial charge in [0.2, 0.25) is 5.78 Å². The van der Waals surface area contributed by atoms with Gasteiger partial charge >= 0.3 is 5.97 Å². The standard InChI is InChI=1S/C16H27Cl2NO3/c1-4-7-9-19(10-8-5-2)12-13(14(20)15(17)18)16(21)22-11-6-3/h12,15H,4-11H2,1-3H3. The number of halogens is 2. The molecule has 0 heterocycles. The zero-order valence-corrected chi connectivity index (χ0v) is 15.3. The molecule has 0 aromatic carbocycles. The molecule has 0 bridgehead atoms.